The third-order valence-corrected chi connectivity index (χ3v) is 0.969. The molecule has 0 aliphatic rings. The molecule has 1 rings (SSSR count). The van der Waals surface area contributed by atoms with Crippen molar-refractivity contribution in [1.82, 2.24) is 0 Å². The van der Waals surface area contributed by atoms with Crippen molar-refractivity contribution in [3.05, 3.63) is 17.9 Å². The third-order valence-electron chi connectivity index (χ3n) is 0.969. The van der Waals surface area contributed by atoms with Gasteiger partial charge in [-0.15, -0.1) is 0 Å². The van der Waals surface area contributed by atoms with Crippen LogP contribution < -0.4 is 5.73 Å². The lowest BCUT2D eigenvalue weighted by atomic mass is 10.5. The van der Waals surface area contributed by atoms with Crippen LogP contribution in [-0.4, -0.2) is 7.11 Å². The molecule has 2 N–H and O–H groups in total. The minimum atomic E-state index is 0.432. The zero-order chi connectivity index (χ0) is 6.69. The lowest BCUT2D eigenvalue weighted by Gasteiger charge is -1.90. The van der Waals surface area contributed by atoms with Gasteiger partial charge in [0.05, 0.1) is 0 Å². The first-order chi connectivity index (χ1) is 4.33. The van der Waals surface area contributed by atoms with Crippen LogP contribution in [-0.2, 0) is 11.3 Å². The van der Waals surface area contributed by atoms with E-state index in [1.165, 1.54) is 0 Å². The summed E-state index contributed by atoms with van der Waals surface area (Å²) in [5.74, 6) is 1.19. The lowest BCUT2D eigenvalue weighted by molar-refractivity contribution is 0.165. The second-order valence-corrected chi connectivity index (χ2v) is 1.74. The van der Waals surface area contributed by atoms with Gasteiger partial charge in [-0.25, -0.2) is 0 Å². The predicted octanol–water partition coefficient (Wildman–Crippen LogP) is 1.01. The van der Waals surface area contributed by atoms with Gasteiger partial charge < -0.3 is 14.9 Å². The molecule has 0 aliphatic heterocycles. The molecule has 0 bridgehead atoms. The summed E-state index contributed by atoms with van der Waals surface area (Å²) < 4.78 is 9.77. The maximum absolute atomic E-state index is 5.29. The van der Waals surface area contributed by atoms with Crippen LogP contribution in [0.1, 0.15) is 5.76 Å². The number of anilines is 1. The summed E-state index contributed by atoms with van der Waals surface area (Å²) in [6, 6.07) is 3.49. The maximum atomic E-state index is 5.29. The van der Waals surface area contributed by atoms with Crippen LogP contribution in [0.15, 0.2) is 16.5 Å². The highest BCUT2D eigenvalue weighted by Crippen LogP contribution is 2.08. The van der Waals surface area contributed by atoms with E-state index >= 15 is 0 Å². The molecule has 0 amide bonds. The summed E-state index contributed by atoms with van der Waals surface area (Å²) >= 11 is 0. The minimum Gasteiger partial charge on any atom is -0.444 e. The molecule has 0 saturated heterocycles. The second kappa shape index (κ2) is 2.55. The van der Waals surface area contributed by atoms with Gasteiger partial charge in [-0.2, -0.15) is 0 Å². The zero-order valence-electron chi connectivity index (χ0n) is 5.26. The van der Waals surface area contributed by atoms with E-state index in [1.54, 1.807) is 19.2 Å². The summed E-state index contributed by atoms with van der Waals surface area (Å²) in [7, 11) is 1.61. The molecule has 9 heavy (non-hydrogen) atoms. The van der Waals surface area contributed by atoms with Crippen molar-refractivity contribution >= 4 is 5.88 Å². The van der Waals surface area contributed by atoms with Gasteiger partial charge in [-0.3, -0.25) is 0 Å². The molecule has 0 spiro atoms. The van der Waals surface area contributed by atoms with Gasteiger partial charge in [0.25, 0.3) is 0 Å². The number of methoxy groups -OCH3 is 1. The molecular weight excluding hydrogens is 118 g/mol. The molecule has 0 unspecified atom stereocenters. The molecule has 1 aromatic heterocycles. The first-order valence-electron chi connectivity index (χ1n) is 2.66. The smallest absolute Gasteiger partial charge is 0.190 e. The molecule has 0 aliphatic carbocycles. The Morgan fingerprint density at radius 1 is 1.67 bits per heavy atom. The third kappa shape index (κ3) is 1.47. The summed E-state index contributed by atoms with van der Waals surface area (Å²) in [4.78, 5) is 0. The Balaban J connectivity index is 2.61. The van der Waals surface area contributed by atoms with Crippen molar-refractivity contribution < 1.29 is 9.15 Å². The van der Waals surface area contributed by atoms with Crippen molar-refractivity contribution in [2.45, 2.75) is 6.61 Å². The van der Waals surface area contributed by atoms with Crippen LogP contribution in [0.5, 0.6) is 0 Å². The van der Waals surface area contributed by atoms with Crippen molar-refractivity contribution in [2.75, 3.05) is 12.8 Å². The molecule has 3 heteroatoms. The van der Waals surface area contributed by atoms with Gasteiger partial charge in [0.1, 0.15) is 12.4 Å². The largest absolute Gasteiger partial charge is 0.444 e. The molecule has 1 aromatic rings. The molecule has 0 radical (unpaired) electrons. The molecule has 50 valence electrons. The molecule has 0 atom stereocenters. The lowest BCUT2D eigenvalue weighted by Crippen LogP contribution is -1.82. The molecule has 1 heterocycles. The van der Waals surface area contributed by atoms with E-state index in [0.717, 1.165) is 5.76 Å². The van der Waals surface area contributed by atoms with Gasteiger partial charge >= 0.3 is 0 Å². The van der Waals surface area contributed by atoms with Crippen LogP contribution in [0.2, 0.25) is 0 Å². The summed E-state index contributed by atoms with van der Waals surface area (Å²) in [5.41, 5.74) is 5.29. The van der Waals surface area contributed by atoms with Gasteiger partial charge in [0.15, 0.2) is 5.88 Å². The topological polar surface area (TPSA) is 48.4 Å². The molecule has 0 saturated carbocycles. The predicted molar refractivity (Wildman–Crippen MR) is 33.8 cm³/mol. The summed E-state index contributed by atoms with van der Waals surface area (Å²) in [6.45, 7) is 0.483. The van der Waals surface area contributed by atoms with Crippen LogP contribution in [0.3, 0.4) is 0 Å². The number of rotatable bonds is 2. The fourth-order valence-corrected chi connectivity index (χ4v) is 0.614. The SMILES string of the molecule is COCc1ccc(N)o1. The number of hydrogen-bond acceptors (Lipinski definition) is 3. The Bertz CT molecular complexity index is 183. The Morgan fingerprint density at radius 2 is 2.44 bits per heavy atom. The first kappa shape index (κ1) is 6.16. The highest BCUT2D eigenvalue weighted by molar-refractivity contribution is 5.24. The van der Waals surface area contributed by atoms with E-state index in [9.17, 15) is 0 Å². The number of nitrogens with two attached hydrogens (primary N) is 1. The normalized spacial score (nSPS) is 9.89. The fraction of sp³-hybridized carbons (Fsp3) is 0.333. The van der Waals surface area contributed by atoms with Gasteiger partial charge in [-0.1, -0.05) is 0 Å². The van der Waals surface area contributed by atoms with Crippen LogP contribution >= 0.6 is 0 Å². The Hall–Kier alpha value is -0.960. The second-order valence-electron chi connectivity index (χ2n) is 1.74. The molecule has 3 nitrogen and oxygen atoms in total. The average Bonchev–Trinajstić information content (AvgIpc) is 2.17. The van der Waals surface area contributed by atoms with Gasteiger partial charge in [0.2, 0.25) is 0 Å². The highest BCUT2D eigenvalue weighted by Gasteiger charge is 1.94. The summed E-state index contributed by atoms with van der Waals surface area (Å²) in [6.07, 6.45) is 0. The van der Waals surface area contributed by atoms with E-state index in [0.29, 0.717) is 12.5 Å². The monoisotopic (exact) mass is 127 g/mol. The summed E-state index contributed by atoms with van der Waals surface area (Å²) in [5, 5.41) is 0. The van der Waals surface area contributed by atoms with Gasteiger partial charge in [-0.05, 0) is 6.07 Å². The van der Waals surface area contributed by atoms with Crippen LogP contribution in [0.25, 0.3) is 0 Å². The number of ether oxygens (including phenoxy) is 1. The van der Waals surface area contributed by atoms with Crippen molar-refractivity contribution in [2.24, 2.45) is 0 Å². The number of nitrogen functional groups attached to an aromatic ring is 1. The quantitative estimate of drug-likeness (QED) is 0.644. The Labute approximate surface area is 53.4 Å². The fourth-order valence-electron chi connectivity index (χ4n) is 0.614. The van der Waals surface area contributed by atoms with Crippen molar-refractivity contribution in [3.8, 4) is 0 Å². The number of hydrogen-bond donors (Lipinski definition) is 1. The zero-order valence-corrected chi connectivity index (χ0v) is 5.26. The van der Waals surface area contributed by atoms with Gasteiger partial charge in [0, 0.05) is 13.2 Å². The minimum absolute atomic E-state index is 0.432. The molecular formula is C6H9NO2. The van der Waals surface area contributed by atoms with E-state index < -0.39 is 0 Å². The van der Waals surface area contributed by atoms with E-state index in [1.807, 2.05) is 0 Å². The first-order valence-corrected chi connectivity index (χ1v) is 2.66. The van der Waals surface area contributed by atoms with E-state index in [2.05, 4.69) is 0 Å². The van der Waals surface area contributed by atoms with Crippen LogP contribution in [0.4, 0.5) is 5.88 Å². The average molecular weight is 127 g/mol. The Kier molecular flexibility index (Phi) is 1.75. The van der Waals surface area contributed by atoms with Crippen molar-refractivity contribution in [3.63, 3.8) is 0 Å². The number of furan rings is 1. The Morgan fingerprint density at radius 3 is 2.89 bits per heavy atom. The van der Waals surface area contributed by atoms with E-state index in [4.69, 9.17) is 14.9 Å². The standard InChI is InChI=1S/C6H9NO2/c1-8-4-5-2-3-6(7)9-5/h2-3H,4,7H2,1H3. The highest BCUT2D eigenvalue weighted by atomic mass is 16.5. The van der Waals surface area contributed by atoms with E-state index in [-0.39, 0.29) is 0 Å². The maximum Gasteiger partial charge on any atom is 0.190 e. The molecule has 0 fully saturated rings. The van der Waals surface area contributed by atoms with Crippen LogP contribution in [0, 0.1) is 0 Å². The molecule has 0 aromatic carbocycles. The van der Waals surface area contributed by atoms with Crippen molar-refractivity contribution in [1.29, 1.82) is 0 Å².